The molecule has 3 aromatic rings. The molecule has 28 heavy (non-hydrogen) atoms. The summed E-state index contributed by atoms with van der Waals surface area (Å²) in [5, 5.41) is 14.3. The molecule has 0 amide bonds. The predicted octanol–water partition coefficient (Wildman–Crippen LogP) is 3.77. The largest absolute Gasteiger partial charge is 0.357 e. The molecule has 0 aliphatic rings. The molecule has 148 valence electrons. The van der Waals surface area contributed by atoms with Crippen LogP contribution in [0.1, 0.15) is 29.7 Å². The van der Waals surface area contributed by atoms with E-state index >= 15 is 0 Å². The van der Waals surface area contributed by atoms with Gasteiger partial charge in [0.2, 0.25) is 0 Å². The first kappa shape index (κ1) is 20.1. The summed E-state index contributed by atoms with van der Waals surface area (Å²) in [6.07, 6.45) is 0.988. The van der Waals surface area contributed by atoms with E-state index in [4.69, 9.17) is 4.98 Å². The number of nitrogens with zero attached hydrogens (tertiary/aromatic N) is 4. The zero-order chi connectivity index (χ0) is 19.8. The standard InChI is InChI=1S/C21H28N6S/c1-4-22-21(23-11-8-12-27-17(3)13-16(2)26-27)24-14-20-25-19(15-28-20)18-9-6-5-7-10-18/h5-7,9-10,13,15H,4,8,11-12,14H2,1-3H3,(H2,22,23,24). The van der Waals surface area contributed by atoms with Gasteiger partial charge in [-0.2, -0.15) is 5.10 Å². The highest BCUT2D eigenvalue weighted by Crippen LogP contribution is 2.21. The van der Waals surface area contributed by atoms with E-state index in [1.165, 1.54) is 5.69 Å². The highest BCUT2D eigenvalue weighted by atomic mass is 32.1. The first-order valence-electron chi connectivity index (χ1n) is 9.68. The molecule has 7 heteroatoms. The number of aryl methyl sites for hydroxylation is 3. The molecule has 0 bridgehead atoms. The summed E-state index contributed by atoms with van der Waals surface area (Å²) in [4.78, 5) is 9.38. The zero-order valence-corrected chi connectivity index (χ0v) is 17.6. The van der Waals surface area contributed by atoms with Crippen molar-refractivity contribution in [3.05, 3.63) is 58.2 Å². The van der Waals surface area contributed by atoms with Crippen molar-refractivity contribution in [3.8, 4) is 11.3 Å². The monoisotopic (exact) mass is 396 g/mol. The van der Waals surface area contributed by atoms with Crippen LogP contribution in [0.25, 0.3) is 11.3 Å². The molecule has 0 aliphatic carbocycles. The molecular weight excluding hydrogens is 368 g/mol. The fourth-order valence-corrected chi connectivity index (χ4v) is 3.68. The van der Waals surface area contributed by atoms with Gasteiger partial charge in [-0.3, -0.25) is 4.68 Å². The molecule has 0 atom stereocenters. The summed E-state index contributed by atoms with van der Waals surface area (Å²) in [7, 11) is 0. The minimum Gasteiger partial charge on any atom is -0.357 e. The third-order valence-electron chi connectivity index (χ3n) is 4.28. The van der Waals surface area contributed by atoms with Gasteiger partial charge in [-0.25, -0.2) is 9.98 Å². The summed E-state index contributed by atoms with van der Waals surface area (Å²) in [6, 6.07) is 12.4. The van der Waals surface area contributed by atoms with E-state index in [0.717, 1.165) is 54.0 Å². The number of hydrogen-bond donors (Lipinski definition) is 2. The molecule has 0 fully saturated rings. The van der Waals surface area contributed by atoms with Crippen molar-refractivity contribution in [2.75, 3.05) is 13.1 Å². The summed E-state index contributed by atoms with van der Waals surface area (Å²) in [6.45, 7) is 9.34. The van der Waals surface area contributed by atoms with Crippen molar-refractivity contribution < 1.29 is 0 Å². The summed E-state index contributed by atoms with van der Waals surface area (Å²) in [5.41, 5.74) is 4.43. The van der Waals surface area contributed by atoms with Gasteiger partial charge in [0.05, 0.1) is 17.9 Å². The fraction of sp³-hybridized carbons (Fsp3) is 0.381. The molecule has 0 unspecified atom stereocenters. The Bertz CT molecular complexity index is 897. The van der Waals surface area contributed by atoms with Gasteiger partial charge < -0.3 is 10.6 Å². The third kappa shape index (κ3) is 5.66. The first-order valence-corrected chi connectivity index (χ1v) is 10.6. The van der Waals surface area contributed by atoms with Crippen LogP contribution < -0.4 is 10.6 Å². The maximum absolute atomic E-state index is 4.71. The van der Waals surface area contributed by atoms with Gasteiger partial charge in [-0.1, -0.05) is 30.3 Å². The molecule has 2 N–H and O–H groups in total. The Kier molecular flexibility index (Phi) is 7.19. The first-order chi connectivity index (χ1) is 13.7. The summed E-state index contributed by atoms with van der Waals surface area (Å²) < 4.78 is 2.06. The van der Waals surface area contributed by atoms with Crippen LogP contribution in [-0.2, 0) is 13.1 Å². The number of benzene rings is 1. The zero-order valence-electron chi connectivity index (χ0n) is 16.8. The Morgan fingerprint density at radius 3 is 2.71 bits per heavy atom. The second-order valence-electron chi connectivity index (χ2n) is 6.62. The Morgan fingerprint density at radius 2 is 2.00 bits per heavy atom. The highest BCUT2D eigenvalue weighted by molar-refractivity contribution is 7.09. The van der Waals surface area contributed by atoms with E-state index in [2.05, 4.69) is 62.8 Å². The van der Waals surface area contributed by atoms with E-state index in [9.17, 15) is 0 Å². The molecule has 1 aromatic carbocycles. The number of rotatable bonds is 8. The van der Waals surface area contributed by atoms with Gasteiger partial charge in [0, 0.05) is 36.3 Å². The number of hydrogen-bond acceptors (Lipinski definition) is 4. The van der Waals surface area contributed by atoms with Crippen LogP contribution in [-0.4, -0.2) is 33.8 Å². The normalized spacial score (nSPS) is 11.6. The Labute approximate surface area is 170 Å². The van der Waals surface area contributed by atoms with E-state index < -0.39 is 0 Å². The van der Waals surface area contributed by atoms with Crippen molar-refractivity contribution in [2.24, 2.45) is 4.99 Å². The minimum atomic E-state index is 0.574. The van der Waals surface area contributed by atoms with E-state index in [1.807, 2.05) is 25.1 Å². The number of guanidine groups is 1. The number of nitrogens with one attached hydrogen (secondary N) is 2. The summed E-state index contributed by atoms with van der Waals surface area (Å²) in [5.74, 6) is 0.826. The fourth-order valence-electron chi connectivity index (χ4n) is 2.95. The highest BCUT2D eigenvalue weighted by Gasteiger charge is 2.05. The van der Waals surface area contributed by atoms with Gasteiger partial charge in [-0.15, -0.1) is 11.3 Å². The molecule has 3 rings (SSSR count). The van der Waals surface area contributed by atoms with Gasteiger partial charge in [-0.05, 0) is 33.3 Å². The van der Waals surface area contributed by atoms with Crippen molar-refractivity contribution >= 4 is 17.3 Å². The van der Waals surface area contributed by atoms with Gasteiger partial charge in [0.25, 0.3) is 0 Å². The van der Waals surface area contributed by atoms with Crippen molar-refractivity contribution in [1.82, 2.24) is 25.4 Å². The lowest BCUT2D eigenvalue weighted by Gasteiger charge is -2.11. The molecule has 0 saturated carbocycles. The van der Waals surface area contributed by atoms with Crippen LogP contribution >= 0.6 is 11.3 Å². The van der Waals surface area contributed by atoms with Crippen LogP contribution in [0.3, 0.4) is 0 Å². The van der Waals surface area contributed by atoms with Crippen molar-refractivity contribution in [3.63, 3.8) is 0 Å². The van der Waals surface area contributed by atoms with Crippen LogP contribution in [0.4, 0.5) is 0 Å². The number of aromatic nitrogens is 3. The number of thiazole rings is 1. The second kappa shape index (κ2) is 10.0. The van der Waals surface area contributed by atoms with E-state index in [0.29, 0.717) is 6.54 Å². The Hall–Kier alpha value is -2.67. The summed E-state index contributed by atoms with van der Waals surface area (Å²) >= 11 is 1.65. The lowest BCUT2D eigenvalue weighted by atomic mass is 10.2. The lowest BCUT2D eigenvalue weighted by Crippen LogP contribution is -2.38. The van der Waals surface area contributed by atoms with Crippen molar-refractivity contribution in [1.29, 1.82) is 0 Å². The smallest absolute Gasteiger partial charge is 0.191 e. The van der Waals surface area contributed by atoms with E-state index in [1.54, 1.807) is 11.3 Å². The molecule has 0 aliphatic heterocycles. The van der Waals surface area contributed by atoms with Crippen LogP contribution in [0.2, 0.25) is 0 Å². The molecule has 0 saturated heterocycles. The minimum absolute atomic E-state index is 0.574. The van der Waals surface area contributed by atoms with Gasteiger partial charge >= 0.3 is 0 Å². The van der Waals surface area contributed by atoms with Crippen LogP contribution in [0.15, 0.2) is 46.8 Å². The van der Waals surface area contributed by atoms with Gasteiger partial charge in [0.1, 0.15) is 5.01 Å². The van der Waals surface area contributed by atoms with Crippen LogP contribution in [0, 0.1) is 13.8 Å². The molecular formula is C21H28N6S. The molecule has 2 heterocycles. The average molecular weight is 397 g/mol. The lowest BCUT2D eigenvalue weighted by molar-refractivity contribution is 0.555. The molecule has 0 spiro atoms. The average Bonchev–Trinajstić information content (AvgIpc) is 3.30. The Balaban J connectivity index is 1.51. The van der Waals surface area contributed by atoms with Gasteiger partial charge in [0.15, 0.2) is 5.96 Å². The Morgan fingerprint density at radius 1 is 1.18 bits per heavy atom. The molecule has 2 aromatic heterocycles. The maximum Gasteiger partial charge on any atom is 0.191 e. The quantitative estimate of drug-likeness (QED) is 0.346. The molecule has 6 nitrogen and oxygen atoms in total. The predicted molar refractivity (Wildman–Crippen MR) is 117 cm³/mol. The van der Waals surface area contributed by atoms with Crippen LogP contribution in [0.5, 0.6) is 0 Å². The topological polar surface area (TPSA) is 67.1 Å². The van der Waals surface area contributed by atoms with E-state index in [-0.39, 0.29) is 0 Å². The molecule has 0 radical (unpaired) electrons. The van der Waals surface area contributed by atoms with Crippen molar-refractivity contribution in [2.45, 2.75) is 40.3 Å². The second-order valence-corrected chi connectivity index (χ2v) is 7.56. The number of aliphatic imine (C=N–C) groups is 1. The maximum atomic E-state index is 4.71. The SMILES string of the molecule is CCNC(=NCc1nc(-c2ccccc2)cs1)NCCCn1nc(C)cc1C. The third-order valence-corrected chi connectivity index (χ3v) is 5.11.